The van der Waals surface area contributed by atoms with Gasteiger partial charge in [-0.3, -0.25) is 13.9 Å². The Kier molecular flexibility index (Phi) is 10.6. The Morgan fingerprint density at radius 3 is 2.21 bits per heavy atom. The monoisotopic (exact) mass is 591 g/mol. The predicted octanol–water partition coefficient (Wildman–Crippen LogP) is 5.14. The quantitative estimate of drug-likeness (QED) is 0.314. The molecule has 0 radical (unpaired) electrons. The first-order valence-electron chi connectivity index (χ1n) is 12.3. The van der Waals surface area contributed by atoms with E-state index in [9.17, 15) is 18.0 Å². The molecule has 8 nitrogen and oxygen atoms in total. The van der Waals surface area contributed by atoms with Gasteiger partial charge in [0.1, 0.15) is 18.3 Å². The van der Waals surface area contributed by atoms with E-state index < -0.39 is 28.5 Å². The molecule has 0 fully saturated rings. The first kappa shape index (κ1) is 30.3. The van der Waals surface area contributed by atoms with Gasteiger partial charge in [-0.05, 0) is 73.5 Å². The Labute approximate surface area is 239 Å². The van der Waals surface area contributed by atoms with E-state index in [1.54, 1.807) is 49.4 Å². The van der Waals surface area contributed by atoms with Gasteiger partial charge < -0.3 is 15.0 Å². The van der Waals surface area contributed by atoms with Crippen LogP contribution in [0.15, 0.2) is 77.7 Å². The van der Waals surface area contributed by atoms with Crippen LogP contribution in [0.25, 0.3) is 0 Å². The molecule has 0 unspecified atom stereocenters. The number of benzene rings is 3. The van der Waals surface area contributed by atoms with E-state index in [1.807, 2.05) is 6.92 Å². The van der Waals surface area contributed by atoms with Crippen molar-refractivity contribution in [3.05, 3.63) is 88.4 Å². The second kappa shape index (κ2) is 13.7. The fourth-order valence-corrected chi connectivity index (χ4v) is 5.65. The van der Waals surface area contributed by atoms with Crippen molar-refractivity contribution in [2.45, 2.75) is 37.8 Å². The zero-order valence-electron chi connectivity index (χ0n) is 21.9. The molecule has 3 aromatic carbocycles. The minimum atomic E-state index is -4.21. The predicted molar refractivity (Wildman–Crippen MR) is 154 cm³/mol. The molecule has 1 N–H and O–H groups in total. The van der Waals surface area contributed by atoms with Crippen molar-refractivity contribution in [2.24, 2.45) is 0 Å². The highest BCUT2D eigenvalue weighted by atomic mass is 35.5. The van der Waals surface area contributed by atoms with E-state index in [4.69, 9.17) is 27.9 Å². The molecule has 1 atom stereocenters. The molecule has 0 aliphatic carbocycles. The lowest BCUT2D eigenvalue weighted by Crippen LogP contribution is -2.51. The summed E-state index contributed by atoms with van der Waals surface area (Å²) in [6, 6.07) is 18.1. The fourth-order valence-electron chi connectivity index (χ4n) is 3.85. The van der Waals surface area contributed by atoms with Crippen LogP contribution in [0.1, 0.15) is 25.8 Å². The van der Waals surface area contributed by atoms with Gasteiger partial charge in [-0.1, -0.05) is 48.3 Å². The molecule has 0 aromatic heterocycles. The van der Waals surface area contributed by atoms with Gasteiger partial charge in [-0.25, -0.2) is 8.42 Å². The van der Waals surface area contributed by atoms with E-state index in [0.717, 1.165) is 10.7 Å². The highest BCUT2D eigenvalue weighted by molar-refractivity contribution is 7.92. The maximum atomic E-state index is 13.9. The molecule has 0 bridgehead atoms. The second-order valence-corrected chi connectivity index (χ2v) is 11.5. The maximum absolute atomic E-state index is 13.9. The summed E-state index contributed by atoms with van der Waals surface area (Å²) >= 11 is 12.3. The molecular formula is C28H31Cl2N3O5S. The highest BCUT2D eigenvalue weighted by Gasteiger charge is 2.32. The van der Waals surface area contributed by atoms with Crippen molar-refractivity contribution >= 4 is 50.7 Å². The smallest absolute Gasteiger partial charge is 0.264 e. The van der Waals surface area contributed by atoms with Gasteiger partial charge in [0, 0.05) is 23.1 Å². The number of sulfonamides is 1. The first-order chi connectivity index (χ1) is 18.6. The number of rotatable bonds is 12. The largest absolute Gasteiger partial charge is 0.497 e. The lowest BCUT2D eigenvalue weighted by molar-refractivity contribution is -0.139. The number of anilines is 1. The van der Waals surface area contributed by atoms with Crippen LogP contribution in [0, 0.1) is 0 Å². The molecule has 0 aliphatic rings. The van der Waals surface area contributed by atoms with Crippen LogP contribution in [0.4, 0.5) is 5.69 Å². The molecule has 0 saturated carbocycles. The summed E-state index contributed by atoms with van der Waals surface area (Å²) in [6.45, 7) is 3.46. The molecule has 0 heterocycles. The highest BCUT2D eigenvalue weighted by Crippen LogP contribution is 2.28. The zero-order valence-corrected chi connectivity index (χ0v) is 24.3. The first-order valence-corrected chi connectivity index (χ1v) is 14.5. The number of hydrogen-bond acceptors (Lipinski definition) is 5. The number of ether oxygens (including phenoxy) is 1. The third kappa shape index (κ3) is 7.88. The fraction of sp³-hybridized carbons (Fsp3) is 0.286. The van der Waals surface area contributed by atoms with E-state index in [2.05, 4.69) is 5.32 Å². The third-order valence-electron chi connectivity index (χ3n) is 5.98. The van der Waals surface area contributed by atoms with E-state index in [0.29, 0.717) is 27.9 Å². The van der Waals surface area contributed by atoms with Crippen molar-refractivity contribution in [1.29, 1.82) is 0 Å². The maximum Gasteiger partial charge on any atom is 0.264 e. The number of halogens is 2. The van der Waals surface area contributed by atoms with Crippen molar-refractivity contribution in [2.75, 3.05) is 24.5 Å². The summed E-state index contributed by atoms with van der Waals surface area (Å²) in [5.41, 5.74) is 0.899. The van der Waals surface area contributed by atoms with Crippen molar-refractivity contribution < 1.29 is 22.7 Å². The number of nitrogens with one attached hydrogen (secondary N) is 1. The molecule has 11 heteroatoms. The van der Waals surface area contributed by atoms with Gasteiger partial charge in [-0.2, -0.15) is 0 Å². The number of carbonyl (C=O) groups is 2. The van der Waals surface area contributed by atoms with E-state index in [-0.39, 0.29) is 23.0 Å². The molecule has 2 amide bonds. The average Bonchev–Trinajstić information content (AvgIpc) is 2.92. The topological polar surface area (TPSA) is 96.0 Å². The van der Waals surface area contributed by atoms with Crippen molar-refractivity contribution in [3.63, 3.8) is 0 Å². The van der Waals surface area contributed by atoms with E-state index in [1.165, 1.54) is 42.3 Å². The number of nitrogens with zero attached hydrogens (tertiary/aromatic N) is 2. The van der Waals surface area contributed by atoms with Crippen LogP contribution < -0.4 is 14.4 Å². The van der Waals surface area contributed by atoms with Gasteiger partial charge in [0.2, 0.25) is 11.8 Å². The molecule has 208 valence electrons. The normalized spacial score (nSPS) is 11.9. The zero-order chi connectivity index (χ0) is 28.6. The second-order valence-electron chi connectivity index (χ2n) is 8.79. The lowest BCUT2D eigenvalue weighted by atomic mass is 10.1. The minimum Gasteiger partial charge on any atom is -0.497 e. The Hall–Kier alpha value is -3.27. The molecule has 39 heavy (non-hydrogen) atoms. The van der Waals surface area contributed by atoms with Crippen molar-refractivity contribution in [1.82, 2.24) is 10.2 Å². The molecule has 3 aromatic rings. The van der Waals surface area contributed by atoms with Crippen LogP contribution >= 0.6 is 23.2 Å². The summed E-state index contributed by atoms with van der Waals surface area (Å²) in [5, 5.41) is 3.59. The number of carbonyl (C=O) groups excluding carboxylic acids is 2. The SMILES string of the molecule is CCCNC(=O)[C@H](C)N(Cc1cccc(Cl)c1)C(=O)CN(c1cccc(Cl)c1)S(=O)(=O)c1ccc(OC)cc1. The minimum absolute atomic E-state index is 0.0359. The Bertz CT molecular complexity index is 1400. The van der Waals surface area contributed by atoms with Crippen LogP contribution in [0.2, 0.25) is 10.0 Å². The van der Waals surface area contributed by atoms with Gasteiger partial charge >= 0.3 is 0 Å². The van der Waals surface area contributed by atoms with E-state index >= 15 is 0 Å². The molecule has 0 aliphatic heterocycles. The third-order valence-corrected chi connectivity index (χ3v) is 8.24. The summed E-state index contributed by atoms with van der Waals surface area (Å²) in [6.07, 6.45) is 0.726. The summed E-state index contributed by atoms with van der Waals surface area (Å²) in [4.78, 5) is 28.1. The number of amides is 2. The Morgan fingerprint density at radius 1 is 0.974 bits per heavy atom. The number of hydrogen-bond donors (Lipinski definition) is 1. The van der Waals surface area contributed by atoms with Gasteiger partial charge in [-0.15, -0.1) is 0 Å². The average molecular weight is 593 g/mol. The van der Waals surface area contributed by atoms with Gasteiger partial charge in [0.15, 0.2) is 0 Å². The molecule has 0 spiro atoms. The van der Waals surface area contributed by atoms with Crippen LogP contribution in [0.3, 0.4) is 0 Å². The van der Waals surface area contributed by atoms with Gasteiger partial charge in [0.05, 0.1) is 17.7 Å². The summed E-state index contributed by atoms with van der Waals surface area (Å²) in [5.74, 6) is -0.440. The summed E-state index contributed by atoms with van der Waals surface area (Å²) in [7, 11) is -2.74. The number of methoxy groups -OCH3 is 1. The van der Waals surface area contributed by atoms with Crippen LogP contribution in [0.5, 0.6) is 5.75 Å². The van der Waals surface area contributed by atoms with Crippen molar-refractivity contribution in [3.8, 4) is 5.75 Å². The van der Waals surface area contributed by atoms with Gasteiger partial charge in [0.25, 0.3) is 10.0 Å². The summed E-state index contributed by atoms with van der Waals surface area (Å²) < 4.78 is 33.8. The molecule has 3 rings (SSSR count). The Morgan fingerprint density at radius 2 is 1.62 bits per heavy atom. The lowest BCUT2D eigenvalue weighted by Gasteiger charge is -2.32. The Balaban J connectivity index is 2.02. The molecule has 0 saturated heterocycles. The van der Waals surface area contributed by atoms with Crippen LogP contribution in [-0.2, 0) is 26.2 Å². The van der Waals surface area contributed by atoms with Crippen LogP contribution in [-0.4, -0.2) is 51.4 Å². The standard InChI is InChI=1S/C28H31Cl2N3O5S/c1-4-15-31-28(35)20(2)32(18-21-7-5-8-22(29)16-21)27(34)19-33(24-10-6-9-23(30)17-24)39(36,37)26-13-11-25(38-3)12-14-26/h5-14,16-17,20H,4,15,18-19H2,1-3H3,(H,31,35)/t20-/m0/s1. The molecular weight excluding hydrogens is 561 g/mol.